The number of carbonyl (C=O) groups is 3. The van der Waals surface area contributed by atoms with Crippen LogP contribution >= 0.6 is 11.8 Å². The van der Waals surface area contributed by atoms with Gasteiger partial charge < -0.3 is 25.4 Å². The zero-order valence-corrected chi connectivity index (χ0v) is 28.0. The van der Waals surface area contributed by atoms with E-state index >= 15 is 0 Å². The van der Waals surface area contributed by atoms with Crippen LogP contribution in [0.4, 0.5) is 10.5 Å². The van der Waals surface area contributed by atoms with Crippen LogP contribution in [-0.4, -0.2) is 58.1 Å². The number of nitrogens with zero attached hydrogens (tertiary/aromatic N) is 1. The molecule has 2 unspecified atom stereocenters. The molecular formula is C34H51N3O5S. The largest absolute Gasteiger partial charge is 0.507 e. The van der Waals surface area contributed by atoms with Gasteiger partial charge in [0.1, 0.15) is 23.4 Å². The summed E-state index contributed by atoms with van der Waals surface area (Å²) in [7, 11) is 0. The molecule has 0 aliphatic rings. The number of alkyl carbamates (subject to hydrolysis) is 1. The number of anilines is 1. The molecular weight excluding hydrogens is 562 g/mol. The van der Waals surface area contributed by atoms with Gasteiger partial charge >= 0.3 is 6.09 Å². The molecule has 0 aliphatic carbocycles. The van der Waals surface area contributed by atoms with Gasteiger partial charge in [0.25, 0.3) is 5.91 Å². The summed E-state index contributed by atoms with van der Waals surface area (Å²) in [4.78, 5) is 43.1. The number of amides is 3. The normalized spacial score (nSPS) is 12.7. The van der Waals surface area contributed by atoms with Crippen molar-refractivity contribution in [2.75, 3.05) is 23.9 Å². The molecule has 2 aromatic carbocycles. The zero-order valence-electron chi connectivity index (χ0n) is 27.2. The van der Waals surface area contributed by atoms with E-state index < -0.39 is 35.6 Å². The standard InChI is InChI=1S/C34H51N3O5S/c1-9-10-11-12-13-21-37(32(40)27(20-22-43-8)35-33(41)42-34(5,6)7)29(26-19-15-18-25(4)30(26)38)31(39)36-28-23(2)16-14-17-24(28)3/h14-19,27,29,38H,9-13,20-22H2,1-8H3,(H,35,41)(H,36,39). The summed E-state index contributed by atoms with van der Waals surface area (Å²) in [6, 6.07) is 8.94. The number of para-hydroxylation sites is 2. The van der Waals surface area contributed by atoms with Crippen molar-refractivity contribution in [2.24, 2.45) is 0 Å². The highest BCUT2D eigenvalue weighted by Gasteiger charge is 2.37. The number of rotatable bonds is 15. The van der Waals surface area contributed by atoms with Crippen molar-refractivity contribution in [1.29, 1.82) is 0 Å². The smallest absolute Gasteiger partial charge is 0.408 e. The lowest BCUT2D eigenvalue weighted by Gasteiger charge is -2.35. The number of benzene rings is 2. The van der Waals surface area contributed by atoms with Crippen LogP contribution in [0.25, 0.3) is 0 Å². The average molecular weight is 614 g/mol. The minimum absolute atomic E-state index is 0.0336. The summed E-state index contributed by atoms with van der Waals surface area (Å²) in [6.07, 6.45) is 6.34. The van der Waals surface area contributed by atoms with Gasteiger partial charge in [0.2, 0.25) is 5.91 Å². The van der Waals surface area contributed by atoms with Crippen molar-refractivity contribution in [3.63, 3.8) is 0 Å². The summed E-state index contributed by atoms with van der Waals surface area (Å²) in [5.41, 5.74) is 2.66. The van der Waals surface area contributed by atoms with Crippen molar-refractivity contribution < 1.29 is 24.2 Å². The summed E-state index contributed by atoms with van der Waals surface area (Å²) in [5, 5.41) is 17.0. The van der Waals surface area contributed by atoms with Crippen LogP contribution in [0.15, 0.2) is 36.4 Å². The van der Waals surface area contributed by atoms with Crippen LogP contribution in [0, 0.1) is 20.8 Å². The number of thioether (sulfide) groups is 1. The monoisotopic (exact) mass is 613 g/mol. The molecule has 0 bridgehead atoms. The third kappa shape index (κ3) is 11.1. The van der Waals surface area contributed by atoms with E-state index in [0.29, 0.717) is 35.4 Å². The number of phenols is 1. The predicted molar refractivity (Wildman–Crippen MR) is 177 cm³/mol. The highest BCUT2D eigenvalue weighted by molar-refractivity contribution is 7.98. The van der Waals surface area contributed by atoms with E-state index in [1.165, 1.54) is 4.90 Å². The second-order valence-electron chi connectivity index (χ2n) is 12.1. The van der Waals surface area contributed by atoms with Crippen LogP contribution in [-0.2, 0) is 14.3 Å². The summed E-state index contributed by atoms with van der Waals surface area (Å²) in [6.45, 7) is 13.3. The van der Waals surface area contributed by atoms with Gasteiger partial charge in [0.15, 0.2) is 0 Å². The second kappa shape index (κ2) is 17.2. The fourth-order valence-electron chi connectivity index (χ4n) is 4.95. The minimum Gasteiger partial charge on any atom is -0.507 e. The van der Waals surface area contributed by atoms with E-state index in [0.717, 1.165) is 36.8 Å². The Bertz CT molecular complexity index is 1210. The molecule has 0 saturated carbocycles. The van der Waals surface area contributed by atoms with Crippen molar-refractivity contribution in [1.82, 2.24) is 10.2 Å². The van der Waals surface area contributed by atoms with E-state index in [-0.39, 0.29) is 12.3 Å². The van der Waals surface area contributed by atoms with E-state index in [4.69, 9.17) is 4.74 Å². The first-order valence-corrected chi connectivity index (χ1v) is 16.6. The van der Waals surface area contributed by atoms with Gasteiger partial charge in [-0.2, -0.15) is 11.8 Å². The number of ether oxygens (including phenoxy) is 1. The molecule has 0 radical (unpaired) electrons. The lowest BCUT2D eigenvalue weighted by Crippen LogP contribution is -2.53. The van der Waals surface area contributed by atoms with Crippen LogP contribution in [0.2, 0.25) is 0 Å². The Morgan fingerprint density at radius 2 is 1.56 bits per heavy atom. The lowest BCUT2D eigenvalue weighted by molar-refractivity contribution is -0.141. The van der Waals surface area contributed by atoms with E-state index in [9.17, 15) is 19.5 Å². The zero-order chi connectivity index (χ0) is 32.2. The van der Waals surface area contributed by atoms with E-state index in [1.807, 2.05) is 38.3 Å². The van der Waals surface area contributed by atoms with Crippen molar-refractivity contribution in [3.8, 4) is 5.75 Å². The second-order valence-corrected chi connectivity index (χ2v) is 13.1. The molecule has 8 nitrogen and oxygen atoms in total. The number of nitrogens with one attached hydrogen (secondary N) is 2. The topological polar surface area (TPSA) is 108 Å². The third-order valence-electron chi connectivity index (χ3n) is 7.24. The molecule has 3 N–H and O–H groups in total. The Labute approximate surface area is 262 Å². The molecule has 0 saturated heterocycles. The van der Waals surface area contributed by atoms with Gasteiger partial charge in [-0.3, -0.25) is 9.59 Å². The van der Waals surface area contributed by atoms with Crippen molar-refractivity contribution in [2.45, 2.75) is 105 Å². The molecule has 2 atom stereocenters. The quantitative estimate of drug-likeness (QED) is 0.180. The Hall–Kier alpha value is -3.20. The third-order valence-corrected chi connectivity index (χ3v) is 7.88. The van der Waals surface area contributed by atoms with Gasteiger partial charge in [-0.1, -0.05) is 69.0 Å². The first-order valence-electron chi connectivity index (χ1n) is 15.2. The van der Waals surface area contributed by atoms with Crippen LogP contribution in [0.5, 0.6) is 5.75 Å². The molecule has 0 aromatic heterocycles. The predicted octanol–water partition coefficient (Wildman–Crippen LogP) is 7.44. The molecule has 3 amide bonds. The van der Waals surface area contributed by atoms with Crippen LogP contribution in [0.1, 0.15) is 94.5 Å². The maximum Gasteiger partial charge on any atom is 0.408 e. The molecule has 9 heteroatoms. The van der Waals surface area contributed by atoms with E-state index in [1.54, 1.807) is 57.7 Å². The number of unbranched alkanes of at least 4 members (excludes halogenated alkanes) is 4. The molecule has 0 aliphatic heterocycles. The molecule has 238 valence electrons. The number of aromatic hydroxyl groups is 1. The Morgan fingerprint density at radius 1 is 0.953 bits per heavy atom. The average Bonchev–Trinajstić information content (AvgIpc) is 2.93. The van der Waals surface area contributed by atoms with Crippen LogP contribution < -0.4 is 10.6 Å². The minimum atomic E-state index is -1.13. The van der Waals surface area contributed by atoms with Crippen molar-refractivity contribution >= 4 is 35.4 Å². The maximum absolute atomic E-state index is 14.5. The Kier molecular flexibility index (Phi) is 14.4. The number of carbonyl (C=O) groups excluding carboxylic acids is 3. The first-order chi connectivity index (χ1) is 20.3. The van der Waals surface area contributed by atoms with Gasteiger partial charge in [-0.25, -0.2) is 4.79 Å². The lowest BCUT2D eigenvalue weighted by atomic mass is 9.98. The molecule has 2 rings (SSSR count). The molecule has 43 heavy (non-hydrogen) atoms. The number of hydrogen-bond donors (Lipinski definition) is 3. The van der Waals surface area contributed by atoms with Gasteiger partial charge in [0.05, 0.1) is 0 Å². The molecule has 0 fully saturated rings. The molecule has 0 spiro atoms. The van der Waals surface area contributed by atoms with Gasteiger partial charge in [-0.15, -0.1) is 0 Å². The fourth-order valence-corrected chi connectivity index (χ4v) is 5.42. The first kappa shape index (κ1) is 36.0. The summed E-state index contributed by atoms with van der Waals surface area (Å²) >= 11 is 1.56. The van der Waals surface area contributed by atoms with Crippen molar-refractivity contribution in [3.05, 3.63) is 58.7 Å². The Balaban J connectivity index is 2.62. The SMILES string of the molecule is CCCCCCCN(C(=O)C(CCSC)NC(=O)OC(C)(C)C)C(C(=O)Nc1c(C)cccc1C)c1cccc(C)c1O. The van der Waals surface area contributed by atoms with Gasteiger partial charge in [-0.05, 0) is 83.1 Å². The van der Waals surface area contributed by atoms with Gasteiger partial charge in [0, 0.05) is 17.8 Å². The maximum atomic E-state index is 14.5. The fraction of sp³-hybridized carbons (Fsp3) is 0.559. The highest BCUT2D eigenvalue weighted by atomic mass is 32.2. The highest BCUT2D eigenvalue weighted by Crippen LogP contribution is 2.34. The molecule has 2 aromatic rings. The molecule has 0 heterocycles. The van der Waals surface area contributed by atoms with E-state index in [2.05, 4.69) is 17.6 Å². The summed E-state index contributed by atoms with van der Waals surface area (Å²) in [5.74, 6) is -0.237. The Morgan fingerprint density at radius 3 is 2.16 bits per heavy atom. The number of phenolic OH excluding ortho intramolecular Hbond substituents is 1. The summed E-state index contributed by atoms with van der Waals surface area (Å²) < 4.78 is 5.49. The van der Waals surface area contributed by atoms with Crippen LogP contribution in [0.3, 0.4) is 0 Å². The number of hydrogen-bond acceptors (Lipinski definition) is 6. The number of aryl methyl sites for hydroxylation is 3.